The third-order valence-electron chi connectivity index (χ3n) is 2.89. The number of anilines is 2. The van der Waals surface area contributed by atoms with E-state index in [1.807, 2.05) is 13.0 Å². The first-order chi connectivity index (χ1) is 10.5. The average molecular weight is 314 g/mol. The van der Waals surface area contributed by atoms with Crippen molar-refractivity contribution in [2.75, 3.05) is 10.6 Å². The van der Waals surface area contributed by atoms with Crippen molar-refractivity contribution in [1.82, 2.24) is 0 Å². The first-order valence-corrected chi connectivity index (χ1v) is 6.76. The van der Waals surface area contributed by atoms with Crippen LogP contribution in [0.1, 0.15) is 11.1 Å². The van der Waals surface area contributed by atoms with Gasteiger partial charge in [-0.25, -0.2) is 0 Å². The smallest absolute Gasteiger partial charge is 0.314 e. The van der Waals surface area contributed by atoms with Gasteiger partial charge >= 0.3 is 11.8 Å². The second-order valence-corrected chi connectivity index (χ2v) is 4.97. The number of benzene rings is 2. The Morgan fingerprint density at radius 2 is 1.68 bits per heavy atom. The van der Waals surface area contributed by atoms with Crippen LogP contribution in [0.5, 0.6) is 0 Å². The van der Waals surface area contributed by atoms with Crippen LogP contribution in [0.25, 0.3) is 0 Å². The number of amides is 2. The van der Waals surface area contributed by atoms with E-state index in [0.29, 0.717) is 22.0 Å². The Morgan fingerprint density at radius 3 is 2.27 bits per heavy atom. The van der Waals surface area contributed by atoms with E-state index in [9.17, 15) is 9.59 Å². The highest BCUT2D eigenvalue weighted by Gasteiger charge is 2.14. The van der Waals surface area contributed by atoms with Gasteiger partial charge in [0.2, 0.25) is 0 Å². The molecule has 0 spiro atoms. The van der Waals surface area contributed by atoms with Crippen molar-refractivity contribution in [2.45, 2.75) is 6.92 Å². The van der Waals surface area contributed by atoms with Crippen molar-refractivity contribution in [1.29, 1.82) is 5.26 Å². The van der Waals surface area contributed by atoms with Gasteiger partial charge in [0.1, 0.15) is 0 Å². The summed E-state index contributed by atoms with van der Waals surface area (Å²) < 4.78 is 0. The van der Waals surface area contributed by atoms with Crippen molar-refractivity contribution in [3.8, 4) is 6.07 Å². The van der Waals surface area contributed by atoms with Crippen LogP contribution in [0.4, 0.5) is 11.4 Å². The number of hydrogen-bond acceptors (Lipinski definition) is 3. The van der Waals surface area contributed by atoms with Gasteiger partial charge in [-0.15, -0.1) is 0 Å². The highest BCUT2D eigenvalue weighted by molar-refractivity contribution is 6.43. The number of aryl methyl sites for hydroxylation is 1. The van der Waals surface area contributed by atoms with Crippen LogP contribution in [0.15, 0.2) is 42.5 Å². The van der Waals surface area contributed by atoms with Gasteiger partial charge in [-0.3, -0.25) is 9.59 Å². The molecule has 0 aliphatic carbocycles. The molecule has 2 aromatic carbocycles. The summed E-state index contributed by atoms with van der Waals surface area (Å²) in [4.78, 5) is 23.7. The molecule has 6 heteroatoms. The SMILES string of the molecule is Cc1ccc(NC(=O)C(=O)Nc2cccc(C#N)c2)cc1Cl. The second-order valence-electron chi connectivity index (χ2n) is 4.56. The van der Waals surface area contributed by atoms with Crippen LogP contribution in [0.2, 0.25) is 5.02 Å². The van der Waals surface area contributed by atoms with Gasteiger partial charge in [0.05, 0.1) is 11.6 Å². The maximum absolute atomic E-state index is 11.8. The van der Waals surface area contributed by atoms with Gasteiger partial charge in [0.25, 0.3) is 0 Å². The molecule has 5 nitrogen and oxygen atoms in total. The number of nitrogens with one attached hydrogen (secondary N) is 2. The number of rotatable bonds is 2. The lowest BCUT2D eigenvalue weighted by atomic mass is 10.2. The lowest BCUT2D eigenvalue weighted by Crippen LogP contribution is -2.29. The molecule has 22 heavy (non-hydrogen) atoms. The van der Waals surface area contributed by atoms with Gasteiger partial charge in [-0.2, -0.15) is 5.26 Å². The van der Waals surface area contributed by atoms with Crippen molar-refractivity contribution in [2.24, 2.45) is 0 Å². The topological polar surface area (TPSA) is 82.0 Å². The van der Waals surface area contributed by atoms with Crippen LogP contribution >= 0.6 is 11.6 Å². The van der Waals surface area contributed by atoms with Gasteiger partial charge in [0.15, 0.2) is 0 Å². The summed E-state index contributed by atoms with van der Waals surface area (Å²) >= 11 is 5.96. The largest absolute Gasteiger partial charge is 0.318 e. The van der Waals surface area contributed by atoms with Crippen molar-refractivity contribution in [3.05, 3.63) is 58.6 Å². The molecular formula is C16H12ClN3O2. The summed E-state index contributed by atoms with van der Waals surface area (Å²) in [5, 5.41) is 14.2. The molecule has 0 saturated heterocycles. The fraction of sp³-hybridized carbons (Fsp3) is 0.0625. The van der Waals surface area contributed by atoms with E-state index in [1.54, 1.807) is 36.4 Å². The zero-order valence-electron chi connectivity index (χ0n) is 11.7. The third kappa shape index (κ3) is 3.84. The number of nitriles is 1. The minimum absolute atomic E-state index is 0.376. The molecule has 2 rings (SSSR count). The molecule has 110 valence electrons. The predicted molar refractivity (Wildman–Crippen MR) is 84.6 cm³/mol. The zero-order chi connectivity index (χ0) is 16.1. The molecule has 0 saturated carbocycles. The molecule has 2 amide bonds. The first-order valence-electron chi connectivity index (χ1n) is 6.38. The summed E-state index contributed by atoms with van der Waals surface area (Å²) in [6.07, 6.45) is 0. The summed E-state index contributed by atoms with van der Waals surface area (Å²) in [6, 6.07) is 13.2. The monoisotopic (exact) mass is 313 g/mol. The molecule has 0 atom stereocenters. The number of carbonyl (C=O) groups is 2. The third-order valence-corrected chi connectivity index (χ3v) is 3.29. The van der Waals surface area contributed by atoms with Gasteiger partial charge < -0.3 is 10.6 Å². The van der Waals surface area contributed by atoms with E-state index in [0.717, 1.165) is 5.56 Å². The second kappa shape index (κ2) is 6.74. The number of nitrogens with zero attached hydrogens (tertiary/aromatic N) is 1. The Kier molecular flexibility index (Phi) is 4.77. The van der Waals surface area contributed by atoms with Gasteiger partial charge in [-0.05, 0) is 42.8 Å². The fourth-order valence-electron chi connectivity index (χ4n) is 1.71. The van der Waals surface area contributed by atoms with E-state index in [2.05, 4.69) is 10.6 Å². The maximum Gasteiger partial charge on any atom is 0.314 e. The molecule has 2 N–H and O–H groups in total. The van der Waals surface area contributed by atoms with Gasteiger partial charge in [-0.1, -0.05) is 23.7 Å². The normalized spacial score (nSPS) is 9.68. The molecule has 0 unspecified atom stereocenters. The molecule has 0 heterocycles. The van der Waals surface area contributed by atoms with Crippen LogP contribution in [0.3, 0.4) is 0 Å². The van der Waals surface area contributed by atoms with Crippen LogP contribution in [-0.4, -0.2) is 11.8 Å². The van der Waals surface area contributed by atoms with Crippen LogP contribution in [0, 0.1) is 18.3 Å². The van der Waals surface area contributed by atoms with Crippen LogP contribution in [-0.2, 0) is 9.59 Å². The molecular weight excluding hydrogens is 302 g/mol. The minimum Gasteiger partial charge on any atom is -0.318 e. The molecule has 0 aromatic heterocycles. The van der Waals surface area contributed by atoms with Gasteiger partial charge in [0, 0.05) is 16.4 Å². The molecule has 0 bridgehead atoms. The molecule has 0 aliphatic rings. The van der Waals surface area contributed by atoms with E-state index in [1.165, 1.54) is 6.07 Å². The predicted octanol–water partition coefficient (Wildman–Crippen LogP) is 3.10. The Morgan fingerprint density at radius 1 is 1.05 bits per heavy atom. The minimum atomic E-state index is -0.827. The highest BCUT2D eigenvalue weighted by Crippen LogP contribution is 2.20. The highest BCUT2D eigenvalue weighted by atomic mass is 35.5. The Hall–Kier alpha value is -2.84. The Bertz CT molecular complexity index is 781. The standard InChI is InChI=1S/C16H12ClN3O2/c1-10-5-6-13(8-14(10)17)20-16(22)15(21)19-12-4-2-3-11(7-12)9-18/h2-8H,1H3,(H,19,21)(H,20,22). The summed E-state index contributed by atoms with van der Waals surface area (Å²) in [5.74, 6) is -1.64. The molecule has 2 aromatic rings. The Labute approximate surface area is 132 Å². The number of hydrogen-bond donors (Lipinski definition) is 2. The maximum atomic E-state index is 11.8. The molecule has 0 radical (unpaired) electrons. The molecule has 0 fully saturated rings. The zero-order valence-corrected chi connectivity index (χ0v) is 12.4. The van der Waals surface area contributed by atoms with Crippen LogP contribution < -0.4 is 10.6 Å². The lowest BCUT2D eigenvalue weighted by molar-refractivity contribution is -0.132. The van der Waals surface area contributed by atoms with Crippen molar-refractivity contribution in [3.63, 3.8) is 0 Å². The van der Waals surface area contributed by atoms with E-state index in [-0.39, 0.29) is 0 Å². The lowest BCUT2D eigenvalue weighted by Gasteiger charge is -2.08. The quantitative estimate of drug-likeness (QED) is 0.836. The summed E-state index contributed by atoms with van der Waals surface area (Å²) in [6.45, 7) is 1.84. The molecule has 0 aliphatic heterocycles. The average Bonchev–Trinajstić information content (AvgIpc) is 2.51. The van der Waals surface area contributed by atoms with E-state index in [4.69, 9.17) is 16.9 Å². The van der Waals surface area contributed by atoms with Crippen molar-refractivity contribution >= 4 is 34.8 Å². The first kappa shape index (κ1) is 15.5. The Balaban J connectivity index is 2.04. The summed E-state index contributed by atoms with van der Waals surface area (Å²) in [5.41, 5.74) is 2.07. The number of halogens is 1. The van der Waals surface area contributed by atoms with E-state index >= 15 is 0 Å². The van der Waals surface area contributed by atoms with E-state index < -0.39 is 11.8 Å². The number of carbonyl (C=O) groups excluding carboxylic acids is 2. The van der Waals surface area contributed by atoms with Crippen molar-refractivity contribution < 1.29 is 9.59 Å². The fourth-order valence-corrected chi connectivity index (χ4v) is 1.89. The summed E-state index contributed by atoms with van der Waals surface area (Å²) in [7, 11) is 0.